The number of furan rings is 1. The summed E-state index contributed by atoms with van der Waals surface area (Å²) in [5.74, 6) is 1.50. The van der Waals surface area contributed by atoms with E-state index >= 15 is 0 Å². The van der Waals surface area contributed by atoms with Crippen LogP contribution in [0.15, 0.2) is 34.7 Å². The molecule has 2 nitrogen and oxygen atoms in total. The molecule has 2 aromatic rings. The molecule has 0 amide bonds. The Kier molecular flexibility index (Phi) is 4.15. The molecule has 0 fully saturated rings. The van der Waals surface area contributed by atoms with Crippen LogP contribution in [0.5, 0.6) is 0 Å². The maximum atomic E-state index is 13.2. The molecule has 0 aliphatic rings. The van der Waals surface area contributed by atoms with Crippen molar-refractivity contribution in [3.63, 3.8) is 0 Å². The summed E-state index contributed by atoms with van der Waals surface area (Å²) in [6.07, 6.45) is 1.10. The Morgan fingerprint density at radius 1 is 1.22 bits per heavy atom. The molecule has 18 heavy (non-hydrogen) atoms. The average molecular weight is 247 g/mol. The number of aryl methyl sites for hydroxylation is 1. The molecule has 0 aliphatic heterocycles. The molecule has 1 aromatic carbocycles. The second-order valence-corrected chi connectivity index (χ2v) is 4.41. The summed E-state index contributed by atoms with van der Waals surface area (Å²) in [5.41, 5.74) is 1.55. The summed E-state index contributed by atoms with van der Waals surface area (Å²) in [7, 11) is 0. The molecule has 0 spiro atoms. The van der Waals surface area contributed by atoms with Crippen LogP contribution in [0, 0.1) is 12.7 Å². The highest BCUT2D eigenvalue weighted by Crippen LogP contribution is 2.24. The molecule has 0 aliphatic carbocycles. The molecular formula is C15H18FNO. The first-order valence-electron chi connectivity index (χ1n) is 6.26. The van der Waals surface area contributed by atoms with E-state index in [4.69, 9.17) is 4.42 Å². The van der Waals surface area contributed by atoms with Gasteiger partial charge in [-0.2, -0.15) is 0 Å². The van der Waals surface area contributed by atoms with Gasteiger partial charge in [0, 0.05) is 5.56 Å². The number of rotatable bonds is 5. The van der Waals surface area contributed by atoms with E-state index in [1.54, 1.807) is 19.1 Å². The summed E-state index contributed by atoms with van der Waals surface area (Å²) < 4.78 is 18.9. The molecule has 3 heteroatoms. The quantitative estimate of drug-likeness (QED) is 0.811. The first-order chi connectivity index (χ1) is 8.70. The van der Waals surface area contributed by atoms with E-state index in [2.05, 4.69) is 12.2 Å². The third kappa shape index (κ3) is 2.99. The van der Waals surface area contributed by atoms with Crippen molar-refractivity contribution in [2.45, 2.75) is 26.8 Å². The molecule has 0 radical (unpaired) electrons. The highest BCUT2D eigenvalue weighted by atomic mass is 19.1. The van der Waals surface area contributed by atoms with E-state index in [9.17, 15) is 4.39 Å². The molecule has 1 heterocycles. The second kappa shape index (κ2) is 5.83. The van der Waals surface area contributed by atoms with Crippen LogP contribution in [0.2, 0.25) is 0 Å². The largest absolute Gasteiger partial charge is 0.460 e. The lowest BCUT2D eigenvalue weighted by Gasteiger charge is -2.01. The van der Waals surface area contributed by atoms with Crippen LogP contribution in [0.3, 0.4) is 0 Å². The van der Waals surface area contributed by atoms with Gasteiger partial charge in [0.25, 0.3) is 0 Å². The Labute approximate surface area is 107 Å². The van der Waals surface area contributed by atoms with Crippen LogP contribution in [-0.4, -0.2) is 6.54 Å². The Hall–Kier alpha value is -1.61. The van der Waals surface area contributed by atoms with Gasteiger partial charge in [0.1, 0.15) is 17.3 Å². The van der Waals surface area contributed by atoms with Gasteiger partial charge in [0.2, 0.25) is 0 Å². The van der Waals surface area contributed by atoms with Gasteiger partial charge in [-0.25, -0.2) is 4.39 Å². The van der Waals surface area contributed by atoms with Crippen LogP contribution >= 0.6 is 0 Å². The van der Waals surface area contributed by atoms with Crippen molar-refractivity contribution in [3.05, 3.63) is 47.5 Å². The van der Waals surface area contributed by atoms with Crippen LogP contribution in [0.1, 0.15) is 24.7 Å². The fourth-order valence-electron chi connectivity index (χ4n) is 1.81. The Bertz CT molecular complexity index is 519. The molecule has 0 atom stereocenters. The van der Waals surface area contributed by atoms with Gasteiger partial charge in [0.15, 0.2) is 0 Å². The third-order valence-corrected chi connectivity index (χ3v) is 2.83. The lowest BCUT2D eigenvalue weighted by molar-refractivity contribution is 0.493. The van der Waals surface area contributed by atoms with Gasteiger partial charge in [-0.1, -0.05) is 6.92 Å². The predicted molar refractivity (Wildman–Crippen MR) is 70.8 cm³/mol. The smallest absolute Gasteiger partial charge is 0.134 e. The van der Waals surface area contributed by atoms with E-state index in [1.807, 2.05) is 12.1 Å². The van der Waals surface area contributed by atoms with Crippen LogP contribution in [0.4, 0.5) is 4.39 Å². The predicted octanol–water partition coefficient (Wildman–Crippen LogP) is 3.89. The Morgan fingerprint density at radius 3 is 2.78 bits per heavy atom. The van der Waals surface area contributed by atoms with Crippen LogP contribution < -0.4 is 5.32 Å². The van der Waals surface area contributed by atoms with Crippen LogP contribution in [0.25, 0.3) is 11.3 Å². The lowest BCUT2D eigenvalue weighted by atomic mass is 10.1. The number of halogens is 1. The minimum atomic E-state index is -0.185. The zero-order valence-electron chi connectivity index (χ0n) is 10.8. The summed E-state index contributed by atoms with van der Waals surface area (Å²) in [6, 6.07) is 8.90. The number of hydrogen-bond donors (Lipinski definition) is 1. The minimum absolute atomic E-state index is 0.185. The maximum Gasteiger partial charge on any atom is 0.134 e. The van der Waals surface area contributed by atoms with Crippen molar-refractivity contribution < 1.29 is 8.81 Å². The first kappa shape index (κ1) is 12.8. The van der Waals surface area contributed by atoms with Crippen molar-refractivity contribution in [1.29, 1.82) is 0 Å². The number of nitrogens with one attached hydrogen (secondary N) is 1. The summed E-state index contributed by atoms with van der Waals surface area (Å²) in [6.45, 7) is 5.59. The normalized spacial score (nSPS) is 10.8. The molecular weight excluding hydrogens is 229 g/mol. The topological polar surface area (TPSA) is 25.2 Å². The molecule has 1 N–H and O–H groups in total. The third-order valence-electron chi connectivity index (χ3n) is 2.83. The summed E-state index contributed by atoms with van der Waals surface area (Å²) in [5, 5.41) is 3.28. The lowest BCUT2D eigenvalue weighted by Crippen LogP contribution is -2.12. The van der Waals surface area contributed by atoms with Crippen molar-refractivity contribution in [3.8, 4) is 11.3 Å². The van der Waals surface area contributed by atoms with Gasteiger partial charge in [-0.3, -0.25) is 0 Å². The molecule has 2 rings (SSSR count). The van der Waals surface area contributed by atoms with Gasteiger partial charge in [-0.15, -0.1) is 0 Å². The summed E-state index contributed by atoms with van der Waals surface area (Å²) >= 11 is 0. The zero-order valence-corrected chi connectivity index (χ0v) is 10.8. The first-order valence-corrected chi connectivity index (χ1v) is 6.26. The molecule has 0 bridgehead atoms. The fourth-order valence-corrected chi connectivity index (χ4v) is 1.81. The van der Waals surface area contributed by atoms with Gasteiger partial charge >= 0.3 is 0 Å². The molecule has 1 aromatic heterocycles. The van der Waals surface area contributed by atoms with Crippen molar-refractivity contribution >= 4 is 0 Å². The van der Waals surface area contributed by atoms with Crippen LogP contribution in [-0.2, 0) is 6.54 Å². The molecule has 0 unspecified atom stereocenters. The van der Waals surface area contributed by atoms with E-state index in [0.29, 0.717) is 5.56 Å². The van der Waals surface area contributed by atoms with E-state index < -0.39 is 0 Å². The van der Waals surface area contributed by atoms with E-state index in [1.165, 1.54) is 6.07 Å². The second-order valence-electron chi connectivity index (χ2n) is 4.41. The molecule has 96 valence electrons. The highest BCUT2D eigenvalue weighted by Gasteiger charge is 2.06. The minimum Gasteiger partial charge on any atom is -0.460 e. The maximum absolute atomic E-state index is 13.2. The monoisotopic (exact) mass is 247 g/mol. The average Bonchev–Trinajstić information content (AvgIpc) is 2.82. The standard InChI is InChI=1S/C15H18FNO/c1-3-8-17-10-13-5-7-15(18-13)12-4-6-14(16)11(2)9-12/h4-7,9,17H,3,8,10H2,1-2H3. The number of hydrogen-bond acceptors (Lipinski definition) is 2. The van der Waals surface area contributed by atoms with Gasteiger partial charge < -0.3 is 9.73 Å². The molecule has 0 saturated carbocycles. The van der Waals surface area contributed by atoms with Gasteiger partial charge in [0.05, 0.1) is 6.54 Å². The highest BCUT2D eigenvalue weighted by molar-refractivity contribution is 5.58. The Balaban J connectivity index is 2.11. The number of benzene rings is 1. The van der Waals surface area contributed by atoms with Crippen molar-refractivity contribution in [1.82, 2.24) is 5.32 Å². The fraction of sp³-hybridized carbons (Fsp3) is 0.333. The zero-order chi connectivity index (χ0) is 13.0. The summed E-state index contributed by atoms with van der Waals surface area (Å²) in [4.78, 5) is 0. The Morgan fingerprint density at radius 2 is 2.06 bits per heavy atom. The van der Waals surface area contributed by atoms with Crippen molar-refractivity contribution in [2.75, 3.05) is 6.54 Å². The SMILES string of the molecule is CCCNCc1ccc(-c2ccc(F)c(C)c2)o1. The van der Waals surface area contributed by atoms with Crippen molar-refractivity contribution in [2.24, 2.45) is 0 Å². The van der Waals surface area contributed by atoms with E-state index in [-0.39, 0.29) is 5.82 Å². The van der Waals surface area contributed by atoms with Gasteiger partial charge in [-0.05, 0) is 55.8 Å². The van der Waals surface area contributed by atoms with E-state index in [0.717, 1.165) is 36.6 Å². The molecule has 0 saturated heterocycles.